The van der Waals surface area contributed by atoms with Crippen LogP contribution in [0, 0.1) is 5.92 Å². The zero-order valence-electron chi connectivity index (χ0n) is 9.09. The SMILES string of the molecule is C=C(C)C(=O)OC(C)C(CC)CC. The summed E-state index contributed by atoms with van der Waals surface area (Å²) in [5.41, 5.74) is 0.470. The van der Waals surface area contributed by atoms with Crippen LogP contribution in [0.1, 0.15) is 40.5 Å². The lowest BCUT2D eigenvalue weighted by Crippen LogP contribution is -2.23. The van der Waals surface area contributed by atoms with Crippen LogP contribution < -0.4 is 0 Å². The third-order valence-electron chi connectivity index (χ3n) is 2.35. The van der Waals surface area contributed by atoms with Gasteiger partial charge in [0.25, 0.3) is 0 Å². The van der Waals surface area contributed by atoms with Gasteiger partial charge in [0.05, 0.1) is 0 Å². The van der Waals surface area contributed by atoms with Gasteiger partial charge in [0.2, 0.25) is 0 Å². The van der Waals surface area contributed by atoms with Gasteiger partial charge in [0.1, 0.15) is 6.10 Å². The van der Waals surface area contributed by atoms with Crippen molar-refractivity contribution in [3.63, 3.8) is 0 Å². The zero-order chi connectivity index (χ0) is 10.4. The van der Waals surface area contributed by atoms with Gasteiger partial charge < -0.3 is 4.74 Å². The lowest BCUT2D eigenvalue weighted by molar-refractivity contribution is -0.146. The predicted molar refractivity (Wildman–Crippen MR) is 54.4 cm³/mol. The van der Waals surface area contributed by atoms with Gasteiger partial charge in [-0.3, -0.25) is 0 Å². The second-order valence-corrected chi connectivity index (χ2v) is 3.47. The molecule has 0 saturated heterocycles. The van der Waals surface area contributed by atoms with E-state index < -0.39 is 0 Å². The molecule has 0 bridgehead atoms. The highest BCUT2D eigenvalue weighted by molar-refractivity contribution is 5.87. The van der Waals surface area contributed by atoms with E-state index in [0.29, 0.717) is 11.5 Å². The quantitative estimate of drug-likeness (QED) is 0.485. The molecule has 0 rings (SSSR count). The molecule has 0 aromatic rings. The Bertz CT molecular complexity index is 181. The van der Waals surface area contributed by atoms with Crippen LogP contribution in [0.4, 0.5) is 0 Å². The Morgan fingerprint density at radius 2 is 1.85 bits per heavy atom. The largest absolute Gasteiger partial charge is 0.459 e. The van der Waals surface area contributed by atoms with Crippen molar-refractivity contribution >= 4 is 5.97 Å². The molecule has 0 radical (unpaired) electrons. The fourth-order valence-corrected chi connectivity index (χ4v) is 1.32. The first-order chi connectivity index (χ1) is 6.02. The number of carbonyl (C=O) groups is 1. The van der Waals surface area contributed by atoms with Crippen molar-refractivity contribution < 1.29 is 9.53 Å². The number of esters is 1. The van der Waals surface area contributed by atoms with Gasteiger partial charge in [0.15, 0.2) is 0 Å². The summed E-state index contributed by atoms with van der Waals surface area (Å²) in [7, 11) is 0. The second kappa shape index (κ2) is 5.79. The number of hydrogen-bond acceptors (Lipinski definition) is 2. The molecule has 0 fully saturated rings. The third kappa shape index (κ3) is 4.11. The molecule has 0 N–H and O–H groups in total. The molecule has 0 aliphatic heterocycles. The summed E-state index contributed by atoms with van der Waals surface area (Å²) in [4.78, 5) is 11.2. The molecule has 1 atom stereocenters. The maximum Gasteiger partial charge on any atom is 0.333 e. The summed E-state index contributed by atoms with van der Waals surface area (Å²) in [6.45, 7) is 11.4. The average molecular weight is 184 g/mol. The Hall–Kier alpha value is -0.790. The van der Waals surface area contributed by atoms with E-state index >= 15 is 0 Å². The summed E-state index contributed by atoms with van der Waals surface area (Å²) in [6, 6.07) is 0. The van der Waals surface area contributed by atoms with Crippen molar-refractivity contribution in [2.45, 2.75) is 46.6 Å². The molecule has 1 unspecified atom stereocenters. The van der Waals surface area contributed by atoms with E-state index in [1.54, 1.807) is 6.92 Å². The highest BCUT2D eigenvalue weighted by atomic mass is 16.5. The minimum atomic E-state index is -0.278. The van der Waals surface area contributed by atoms with Crippen molar-refractivity contribution in [2.24, 2.45) is 5.92 Å². The molecule has 0 saturated carbocycles. The summed E-state index contributed by atoms with van der Waals surface area (Å²) in [5.74, 6) is 0.183. The Balaban J connectivity index is 4.04. The molecule has 0 aliphatic carbocycles. The lowest BCUT2D eigenvalue weighted by atomic mass is 9.98. The maximum atomic E-state index is 11.2. The van der Waals surface area contributed by atoms with E-state index in [1.807, 2.05) is 6.92 Å². The van der Waals surface area contributed by atoms with E-state index in [9.17, 15) is 4.79 Å². The molecule has 2 heteroatoms. The highest BCUT2D eigenvalue weighted by Gasteiger charge is 2.17. The number of ether oxygens (including phenoxy) is 1. The Morgan fingerprint density at radius 3 is 2.15 bits per heavy atom. The summed E-state index contributed by atoms with van der Waals surface area (Å²) in [5, 5.41) is 0. The average Bonchev–Trinajstić information content (AvgIpc) is 2.06. The van der Waals surface area contributed by atoms with Crippen LogP contribution in [0.3, 0.4) is 0 Å². The Morgan fingerprint density at radius 1 is 1.38 bits per heavy atom. The maximum absolute atomic E-state index is 11.2. The minimum absolute atomic E-state index is 0.000741. The molecular weight excluding hydrogens is 164 g/mol. The van der Waals surface area contributed by atoms with Gasteiger partial charge in [-0.25, -0.2) is 4.79 Å². The molecular formula is C11H20O2. The third-order valence-corrected chi connectivity index (χ3v) is 2.35. The normalized spacial score (nSPS) is 12.7. The van der Waals surface area contributed by atoms with Crippen molar-refractivity contribution in [3.8, 4) is 0 Å². The van der Waals surface area contributed by atoms with Crippen molar-refractivity contribution in [1.82, 2.24) is 0 Å². The minimum Gasteiger partial charge on any atom is -0.459 e. The van der Waals surface area contributed by atoms with Crippen molar-refractivity contribution in [3.05, 3.63) is 12.2 Å². The Kier molecular flexibility index (Phi) is 5.44. The highest BCUT2D eigenvalue weighted by Crippen LogP contribution is 2.16. The molecule has 0 aliphatic rings. The molecule has 0 amide bonds. The number of carbonyl (C=O) groups excluding carboxylic acids is 1. The van der Waals surface area contributed by atoms with Gasteiger partial charge in [-0.2, -0.15) is 0 Å². The Labute approximate surface area is 81.0 Å². The molecule has 0 aromatic heterocycles. The first kappa shape index (κ1) is 12.2. The summed E-state index contributed by atoms with van der Waals surface area (Å²) in [6.07, 6.45) is 2.08. The first-order valence-electron chi connectivity index (χ1n) is 4.89. The van der Waals surface area contributed by atoms with E-state index in [2.05, 4.69) is 20.4 Å². The van der Waals surface area contributed by atoms with Crippen LogP contribution in [-0.4, -0.2) is 12.1 Å². The molecule has 0 heterocycles. The fourth-order valence-electron chi connectivity index (χ4n) is 1.32. The molecule has 2 nitrogen and oxygen atoms in total. The fraction of sp³-hybridized carbons (Fsp3) is 0.727. The van der Waals surface area contributed by atoms with Crippen molar-refractivity contribution in [1.29, 1.82) is 0 Å². The van der Waals surface area contributed by atoms with Gasteiger partial charge in [0, 0.05) is 5.57 Å². The molecule has 76 valence electrons. The number of hydrogen-bond donors (Lipinski definition) is 0. The van der Waals surface area contributed by atoms with Crippen LogP contribution in [0.15, 0.2) is 12.2 Å². The summed E-state index contributed by atoms with van der Waals surface area (Å²) < 4.78 is 5.22. The topological polar surface area (TPSA) is 26.3 Å². The van der Waals surface area contributed by atoms with Crippen molar-refractivity contribution in [2.75, 3.05) is 0 Å². The van der Waals surface area contributed by atoms with E-state index in [1.165, 1.54) is 0 Å². The lowest BCUT2D eigenvalue weighted by Gasteiger charge is -2.21. The van der Waals surface area contributed by atoms with E-state index in [-0.39, 0.29) is 12.1 Å². The van der Waals surface area contributed by atoms with E-state index in [4.69, 9.17) is 4.74 Å². The molecule has 0 spiro atoms. The van der Waals surface area contributed by atoms with Gasteiger partial charge >= 0.3 is 5.97 Å². The monoisotopic (exact) mass is 184 g/mol. The molecule has 13 heavy (non-hydrogen) atoms. The second-order valence-electron chi connectivity index (χ2n) is 3.47. The molecule has 0 aromatic carbocycles. The zero-order valence-corrected chi connectivity index (χ0v) is 9.09. The van der Waals surface area contributed by atoms with Crippen LogP contribution in [0.25, 0.3) is 0 Å². The van der Waals surface area contributed by atoms with Crippen LogP contribution >= 0.6 is 0 Å². The van der Waals surface area contributed by atoms with Gasteiger partial charge in [-0.05, 0) is 32.6 Å². The number of rotatable bonds is 5. The standard InChI is InChI=1S/C11H20O2/c1-6-10(7-2)9(5)13-11(12)8(3)4/h9-10H,3,6-7H2,1-2,4-5H3. The first-order valence-corrected chi connectivity index (χ1v) is 4.89. The van der Waals surface area contributed by atoms with Gasteiger partial charge in [-0.15, -0.1) is 0 Å². The van der Waals surface area contributed by atoms with Crippen LogP contribution in [0.2, 0.25) is 0 Å². The van der Waals surface area contributed by atoms with Crippen LogP contribution in [0.5, 0.6) is 0 Å². The van der Waals surface area contributed by atoms with E-state index in [0.717, 1.165) is 12.8 Å². The smallest absolute Gasteiger partial charge is 0.333 e. The van der Waals surface area contributed by atoms with Crippen LogP contribution in [-0.2, 0) is 9.53 Å². The van der Waals surface area contributed by atoms with Gasteiger partial charge in [-0.1, -0.05) is 20.4 Å². The predicted octanol–water partition coefficient (Wildman–Crippen LogP) is 2.93. The summed E-state index contributed by atoms with van der Waals surface area (Å²) >= 11 is 0.